The molecule has 0 bridgehead atoms. The molecule has 1 saturated carbocycles. The van der Waals surface area contributed by atoms with Gasteiger partial charge >= 0.3 is 0 Å². The molecule has 2 aliphatic rings. The maximum Gasteiger partial charge on any atom is 0.245 e. The Morgan fingerprint density at radius 1 is 1.07 bits per heavy atom. The summed E-state index contributed by atoms with van der Waals surface area (Å²) >= 11 is 0. The lowest BCUT2D eigenvalue weighted by Crippen LogP contribution is -2.54. The molecule has 0 aromatic heterocycles. The van der Waals surface area contributed by atoms with Crippen molar-refractivity contribution >= 4 is 17.7 Å². The van der Waals surface area contributed by atoms with Gasteiger partial charge in [-0.25, -0.2) is 0 Å². The number of likely N-dealkylation sites (tertiary alicyclic amines) is 1. The van der Waals surface area contributed by atoms with Gasteiger partial charge in [0.2, 0.25) is 17.7 Å². The summed E-state index contributed by atoms with van der Waals surface area (Å²) in [4.78, 5) is 39.8. The molecule has 2 atom stereocenters. The average molecular weight is 386 g/mol. The van der Waals surface area contributed by atoms with E-state index in [9.17, 15) is 14.4 Å². The normalized spacial score (nSPS) is 20.1. The van der Waals surface area contributed by atoms with Gasteiger partial charge in [-0.15, -0.1) is 0 Å². The second kappa shape index (κ2) is 9.22. The number of rotatable bonds is 8. The van der Waals surface area contributed by atoms with Crippen molar-refractivity contribution in [3.8, 4) is 0 Å². The third-order valence-corrected chi connectivity index (χ3v) is 5.42. The number of benzene rings is 1. The maximum absolute atomic E-state index is 13.2. The van der Waals surface area contributed by atoms with E-state index < -0.39 is 12.1 Å². The predicted octanol–water partition coefficient (Wildman–Crippen LogP) is 2.23. The third-order valence-electron chi connectivity index (χ3n) is 5.42. The molecule has 1 aliphatic carbocycles. The van der Waals surface area contributed by atoms with Crippen LogP contribution in [-0.2, 0) is 20.9 Å². The summed E-state index contributed by atoms with van der Waals surface area (Å²) in [6, 6.07) is 8.73. The maximum atomic E-state index is 13.2. The lowest BCUT2D eigenvalue weighted by Gasteiger charge is -2.29. The van der Waals surface area contributed by atoms with Crippen LogP contribution in [0.25, 0.3) is 0 Å². The van der Waals surface area contributed by atoms with Crippen LogP contribution in [-0.4, -0.2) is 41.2 Å². The molecule has 1 saturated heterocycles. The van der Waals surface area contributed by atoms with Crippen molar-refractivity contribution in [1.82, 2.24) is 15.5 Å². The van der Waals surface area contributed by atoms with Crippen molar-refractivity contribution < 1.29 is 14.4 Å². The Morgan fingerprint density at radius 2 is 1.79 bits per heavy atom. The minimum absolute atomic E-state index is 0.0247. The first kappa shape index (κ1) is 20.4. The van der Waals surface area contributed by atoms with Gasteiger partial charge in [-0.1, -0.05) is 44.2 Å². The molecule has 6 heteroatoms. The van der Waals surface area contributed by atoms with Crippen LogP contribution in [0.4, 0.5) is 0 Å². The Bertz CT molecular complexity index is 700. The molecular weight excluding hydrogens is 354 g/mol. The van der Waals surface area contributed by atoms with E-state index in [1.807, 2.05) is 44.2 Å². The molecule has 28 heavy (non-hydrogen) atoms. The van der Waals surface area contributed by atoms with Crippen molar-refractivity contribution in [2.45, 2.75) is 64.6 Å². The largest absolute Gasteiger partial charge is 0.350 e. The van der Waals surface area contributed by atoms with E-state index in [0.29, 0.717) is 25.9 Å². The van der Waals surface area contributed by atoms with Crippen LogP contribution in [0.2, 0.25) is 0 Å². The smallest absolute Gasteiger partial charge is 0.245 e. The zero-order chi connectivity index (χ0) is 20.1. The molecule has 3 amide bonds. The number of amides is 3. The molecule has 1 aliphatic heterocycles. The highest BCUT2D eigenvalue weighted by Gasteiger charge is 2.39. The van der Waals surface area contributed by atoms with Gasteiger partial charge in [0, 0.05) is 19.0 Å². The predicted molar refractivity (Wildman–Crippen MR) is 107 cm³/mol. The lowest BCUT2D eigenvalue weighted by molar-refractivity contribution is -0.142. The molecule has 1 aromatic rings. The van der Waals surface area contributed by atoms with Crippen LogP contribution < -0.4 is 10.6 Å². The Hall–Kier alpha value is -2.37. The monoisotopic (exact) mass is 385 g/mol. The highest BCUT2D eigenvalue weighted by atomic mass is 16.2. The number of carbonyl (C=O) groups is 3. The van der Waals surface area contributed by atoms with Gasteiger partial charge in [0.15, 0.2) is 0 Å². The topological polar surface area (TPSA) is 78.5 Å². The van der Waals surface area contributed by atoms with Crippen LogP contribution in [0.5, 0.6) is 0 Å². The Labute approximate surface area is 167 Å². The molecule has 6 nitrogen and oxygen atoms in total. The van der Waals surface area contributed by atoms with E-state index in [1.165, 1.54) is 0 Å². The molecule has 0 unspecified atom stereocenters. The lowest BCUT2D eigenvalue weighted by atomic mass is 10.0. The quantitative estimate of drug-likeness (QED) is 0.720. The summed E-state index contributed by atoms with van der Waals surface area (Å²) in [6.45, 7) is 5.09. The summed E-state index contributed by atoms with van der Waals surface area (Å²) in [5.74, 6) is 0.0716. The fourth-order valence-corrected chi connectivity index (χ4v) is 3.73. The van der Waals surface area contributed by atoms with Gasteiger partial charge in [-0.2, -0.15) is 0 Å². The Kier molecular flexibility index (Phi) is 6.70. The fourth-order valence-electron chi connectivity index (χ4n) is 3.73. The van der Waals surface area contributed by atoms with Crippen molar-refractivity contribution in [3.05, 3.63) is 35.9 Å². The van der Waals surface area contributed by atoms with Crippen molar-refractivity contribution in [2.75, 3.05) is 6.54 Å². The van der Waals surface area contributed by atoms with E-state index in [0.717, 1.165) is 24.8 Å². The second-order valence-electron chi connectivity index (χ2n) is 8.36. The van der Waals surface area contributed by atoms with Gasteiger partial charge < -0.3 is 15.5 Å². The average Bonchev–Trinajstić information content (AvgIpc) is 3.42. The standard InChI is InChI=1S/C22H31N3O3/c1-15(2)13-18(24-20(26)17-10-11-17)22(28)25-12-6-9-19(25)21(27)23-14-16-7-4-3-5-8-16/h3-5,7-8,15,17-19H,6,9-14H2,1-2H3,(H,23,27)(H,24,26)/t18-,19-/m0/s1. The van der Waals surface area contributed by atoms with Gasteiger partial charge in [0.25, 0.3) is 0 Å². The second-order valence-corrected chi connectivity index (χ2v) is 8.36. The minimum atomic E-state index is -0.546. The summed E-state index contributed by atoms with van der Waals surface area (Å²) in [5, 5.41) is 5.90. The summed E-state index contributed by atoms with van der Waals surface area (Å²) in [7, 11) is 0. The number of nitrogens with zero attached hydrogens (tertiary/aromatic N) is 1. The van der Waals surface area contributed by atoms with Crippen molar-refractivity contribution in [2.24, 2.45) is 11.8 Å². The van der Waals surface area contributed by atoms with Gasteiger partial charge in [0.1, 0.15) is 12.1 Å². The zero-order valence-corrected chi connectivity index (χ0v) is 16.8. The molecule has 0 radical (unpaired) electrons. The van der Waals surface area contributed by atoms with E-state index in [4.69, 9.17) is 0 Å². The molecule has 1 aromatic carbocycles. The summed E-state index contributed by atoms with van der Waals surface area (Å²) in [6.07, 6.45) is 3.87. The van der Waals surface area contributed by atoms with Crippen LogP contribution in [0.1, 0.15) is 51.5 Å². The van der Waals surface area contributed by atoms with Crippen LogP contribution in [0.3, 0.4) is 0 Å². The molecule has 0 spiro atoms. The van der Waals surface area contributed by atoms with Crippen LogP contribution in [0, 0.1) is 11.8 Å². The van der Waals surface area contributed by atoms with Gasteiger partial charge in [0.05, 0.1) is 0 Å². The first-order chi connectivity index (χ1) is 13.5. The minimum Gasteiger partial charge on any atom is -0.350 e. The van der Waals surface area contributed by atoms with Gasteiger partial charge in [-0.05, 0) is 43.6 Å². The molecule has 1 heterocycles. The Morgan fingerprint density at radius 3 is 2.43 bits per heavy atom. The SMILES string of the molecule is CC(C)C[C@H](NC(=O)C1CC1)C(=O)N1CCC[C@H]1C(=O)NCc1ccccc1. The third kappa shape index (κ3) is 5.33. The zero-order valence-electron chi connectivity index (χ0n) is 16.8. The van der Waals surface area contributed by atoms with E-state index in [1.54, 1.807) is 4.90 Å². The number of hydrogen-bond donors (Lipinski definition) is 2. The number of carbonyl (C=O) groups excluding carboxylic acids is 3. The highest BCUT2D eigenvalue weighted by Crippen LogP contribution is 2.29. The first-order valence-electron chi connectivity index (χ1n) is 10.4. The first-order valence-corrected chi connectivity index (χ1v) is 10.4. The highest BCUT2D eigenvalue weighted by molar-refractivity contribution is 5.93. The van der Waals surface area contributed by atoms with E-state index in [-0.39, 0.29) is 29.6 Å². The number of hydrogen-bond acceptors (Lipinski definition) is 3. The summed E-state index contributed by atoms with van der Waals surface area (Å²) in [5.41, 5.74) is 1.03. The summed E-state index contributed by atoms with van der Waals surface area (Å²) < 4.78 is 0. The fraction of sp³-hybridized carbons (Fsp3) is 0.591. The molecular formula is C22H31N3O3. The van der Waals surface area contributed by atoms with E-state index in [2.05, 4.69) is 10.6 Å². The van der Waals surface area contributed by atoms with Crippen LogP contribution >= 0.6 is 0 Å². The van der Waals surface area contributed by atoms with Crippen LogP contribution in [0.15, 0.2) is 30.3 Å². The molecule has 3 rings (SSSR count). The van der Waals surface area contributed by atoms with Gasteiger partial charge in [-0.3, -0.25) is 14.4 Å². The van der Waals surface area contributed by atoms with Crippen molar-refractivity contribution in [3.63, 3.8) is 0 Å². The number of nitrogens with one attached hydrogen (secondary N) is 2. The molecule has 2 fully saturated rings. The molecule has 152 valence electrons. The molecule has 2 N–H and O–H groups in total. The Balaban J connectivity index is 1.62. The van der Waals surface area contributed by atoms with Crippen molar-refractivity contribution in [1.29, 1.82) is 0 Å². The van der Waals surface area contributed by atoms with E-state index >= 15 is 0 Å².